The molecular formula is C26H27NO9S3. The molecule has 1 heterocycles. The molecule has 3 atom stereocenters. The van der Waals surface area contributed by atoms with E-state index < -0.39 is 59.8 Å². The van der Waals surface area contributed by atoms with Crippen molar-refractivity contribution in [2.45, 2.75) is 42.8 Å². The lowest BCUT2D eigenvalue weighted by Gasteiger charge is -2.29. The van der Waals surface area contributed by atoms with E-state index in [-0.39, 0.29) is 13.8 Å². The minimum absolute atomic E-state index is 0.00850. The molecular weight excluding hydrogens is 566 g/mol. The Morgan fingerprint density at radius 1 is 0.897 bits per heavy atom. The van der Waals surface area contributed by atoms with Crippen molar-refractivity contribution in [3.05, 3.63) is 90.5 Å². The van der Waals surface area contributed by atoms with E-state index in [4.69, 9.17) is 13.7 Å². The van der Waals surface area contributed by atoms with Gasteiger partial charge in [0.15, 0.2) is 0 Å². The fourth-order valence-electron chi connectivity index (χ4n) is 3.54. The van der Waals surface area contributed by atoms with Gasteiger partial charge in [0.2, 0.25) is 6.29 Å². The van der Waals surface area contributed by atoms with Gasteiger partial charge in [0.1, 0.15) is 12.4 Å². The highest BCUT2D eigenvalue weighted by molar-refractivity contribution is 8.14. The highest BCUT2D eigenvalue weighted by atomic mass is 32.3. The summed E-state index contributed by atoms with van der Waals surface area (Å²) in [6, 6.07) is 19.7. The van der Waals surface area contributed by atoms with Crippen LogP contribution in [0.5, 0.6) is 5.75 Å². The van der Waals surface area contributed by atoms with E-state index in [2.05, 4.69) is 0 Å². The number of para-hydroxylation sites is 1. The number of carbonyl (C=O) groups excluding carboxylic acids is 1. The van der Waals surface area contributed by atoms with Gasteiger partial charge in [-0.05, 0) is 61.7 Å². The van der Waals surface area contributed by atoms with Gasteiger partial charge >= 0.3 is 17.2 Å². The molecule has 0 spiro atoms. The SMILES string of the molecule is CC(c1ccc(S(=O)(=O)N(S(=O)Oc2ccccc2)S(=O)(=O)c2ccccc2)cc1)C(C)(C)C(=O)OC1CO1. The van der Waals surface area contributed by atoms with Crippen molar-refractivity contribution in [3.63, 3.8) is 0 Å². The second-order valence-electron chi connectivity index (χ2n) is 9.28. The molecule has 3 aromatic rings. The van der Waals surface area contributed by atoms with Gasteiger partial charge in [-0.15, -0.1) is 0 Å². The predicted octanol–water partition coefficient (Wildman–Crippen LogP) is 3.75. The molecule has 1 saturated heterocycles. The number of nitrogens with zero attached hydrogens (tertiary/aromatic N) is 1. The number of hydrogen-bond acceptors (Lipinski definition) is 9. The number of ether oxygens (including phenoxy) is 2. The van der Waals surface area contributed by atoms with E-state index in [1.165, 1.54) is 60.7 Å². The van der Waals surface area contributed by atoms with E-state index in [0.717, 1.165) is 0 Å². The van der Waals surface area contributed by atoms with Crippen molar-refractivity contribution in [1.82, 2.24) is 3.12 Å². The third-order valence-electron chi connectivity index (χ3n) is 6.29. The fraction of sp³-hybridized carbons (Fsp3) is 0.269. The molecule has 0 N–H and O–H groups in total. The summed E-state index contributed by atoms with van der Waals surface area (Å²) in [5, 5.41) is 0. The van der Waals surface area contributed by atoms with E-state index in [9.17, 15) is 25.8 Å². The Morgan fingerprint density at radius 2 is 1.38 bits per heavy atom. The van der Waals surface area contributed by atoms with Crippen molar-refractivity contribution in [2.75, 3.05) is 6.61 Å². The van der Waals surface area contributed by atoms with E-state index >= 15 is 0 Å². The van der Waals surface area contributed by atoms with Crippen LogP contribution >= 0.6 is 0 Å². The second-order valence-corrected chi connectivity index (χ2v) is 14.5. The van der Waals surface area contributed by atoms with Crippen LogP contribution in [0.15, 0.2) is 94.7 Å². The lowest BCUT2D eigenvalue weighted by atomic mass is 9.76. The van der Waals surface area contributed by atoms with E-state index in [0.29, 0.717) is 12.2 Å². The summed E-state index contributed by atoms with van der Waals surface area (Å²) in [4.78, 5) is 11.8. The molecule has 0 amide bonds. The number of sulfonamides is 2. The summed E-state index contributed by atoms with van der Waals surface area (Å²) in [6.07, 6.45) is -0.548. The quantitative estimate of drug-likeness (QED) is 0.240. The van der Waals surface area contributed by atoms with Crippen LogP contribution in [0.25, 0.3) is 0 Å². The molecule has 0 bridgehead atoms. The predicted molar refractivity (Wildman–Crippen MR) is 142 cm³/mol. The summed E-state index contributed by atoms with van der Waals surface area (Å²) in [7, 11) is -9.76. The third kappa shape index (κ3) is 6.23. The van der Waals surface area contributed by atoms with Crippen LogP contribution in [-0.4, -0.2) is 43.0 Å². The average molecular weight is 594 g/mol. The number of benzene rings is 3. The lowest BCUT2D eigenvalue weighted by molar-refractivity contribution is -0.160. The smallest absolute Gasteiger partial charge is 0.320 e. The molecule has 0 radical (unpaired) electrons. The molecule has 0 saturated carbocycles. The first-order valence-electron chi connectivity index (χ1n) is 11.8. The normalized spacial score (nSPS) is 17.3. The first-order valence-corrected chi connectivity index (χ1v) is 15.7. The lowest BCUT2D eigenvalue weighted by Crippen LogP contribution is -2.40. The maximum absolute atomic E-state index is 13.7. The standard InChI is InChI=1S/C26H27NO9S3/c1-19(26(2,3)25(28)35-24-18-34-24)20-14-16-23(17-15-20)39(32,33)27(37(29)36-21-10-6-4-7-11-21)38(30,31)22-12-8-5-9-13-22/h4-17,19,24H,18H2,1-3H3. The number of rotatable bonds is 11. The van der Waals surface area contributed by atoms with Crippen LogP contribution in [0, 0.1) is 5.41 Å². The van der Waals surface area contributed by atoms with Gasteiger partial charge in [-0.25, -0.2) is 16.8 Å². The first kappa shape index (κ1) is 28.9. The summed E-state index contributed by atoms with van der Waals surface area (Å²) in [5.74, 6) is -0.864. The molecule has 13 heteroatoms. The van der Waals surface area contributed by atoms with Gasteiger partial charge in [0, 0.05) is 3.12 Å². The average Bonchev–Trinajstić information content (AvgIpc) is 3.73. The van der Waals surface area contributed by atoms with E-state index in [1.54, 1.807) is 45.0 Å². The molecule has 3 aromatic carbocycles. The molecule has 0 aliphatic carbocycles. The van der Waals surface area contributed by atoms with Crippen molar-refractivity contribution in [1.29, 1.82) is 0 Å². The van der Waals surface area contributed by atoms with Crippen LogP contribution < -0.4 is 4.18 Å². The second kappa shape index (κ2) is 11.2. The van der Waals surface area contributed by atoms with Crippen molar-refractivity contribution >= 4 is 37.3 Å². The number of esters is 1. The van der Waals surface area contributed by atoms with Crippen LogP contribution in [0.2, 0.25) is 0 Å². The highest BCUT2D eigenvalue weighted by Crippen LogP contribution is 2.38. The Labute approximate surface area is 230 Å². The molecule has 3 unspecified atom stereocenters. The Bertz CT molecular complexity index is 1550. The van der Waals surface area contributed by atoms with Gasteiger partial charge in [-0.2, -0.15) is 4.21 Å². The van der Waals surface area contributed by atoms with Crippen LogP contribution in [0.3, 0.4) is 0 Å². The minimum atomic E-state index is -4.92. The zero-order valence-corrected chi connectivity index (χ0v) is 23.7. The number of hydrogen-bond donors (Lipinski definition) is 0. The molecule has 1 fully saturated rings. The number of carbonyl (C=O) groups is 1. The first-order chi connectivity index (χ1) is 18.3. The van der Waals surface area contributed by atoms with Gasteiger partial charge < -0.3 is 13.7 Å². The zero-order chi connectivity index (χ0) is 28.4. The third-order valence-corrected chi connectivity index (χ3v) is 12.5. The van der Waals surface area contributed by atoms with Gasteiger partial charge in [0.05, 0.1) is 15.2 Å². The molecule has 39 heavy (non-hydrogen) atoms. The van der Waals surface area contributed by atoms with Crippen molar-refractivity contribution < 1.29 is 39.5 Å². The van der Waals surface area contributed by atoms with Crippen molar-refractivity contribution in [2.24, 2.45) is 5.41 Å². The zero-order valence-electron chi connectivity index (χ0n) is 21.3. The Balaban J connectivity index is 1.68. The summed E-state index contributed by atoms with van der Waals surface area (Å²) >= 11 is -3.00. The Hall–Kier alpha value is -3.10. The highest BCUT2D eigenvalue weighted by Gasteiger charge is 2.44. The molecule has 10 nitrogen and oxygen atoms in total. The topological polar surface area (TPSA) is 137 Å². The summed E-state index contributed by atoms with van der Waals surface area (Å²) in [5.41, 5.74) is -0.369. The maximum atomic E-state index is 13.7. The molecule has 208 valence electrons. The van der Waals surface area contributed by atoms with Gasteiger partial charge in [-0.1, -0.05) is 55.5 Å². The molecule has 1 aliphatic rings. The molecule has 0 aromatic heterocycles. The summed E-state index contributed by atoms with van der Waals surface area (Å²) < 4.78 is 82.8. The van der Waals surface area contributed by atoms with Crippen LogP contribution in [0.4, 0.5) is 0 Å². The monoisotopic (exact) mass is 593 g/mol. The Kier molecular flexibility index (Phi) is 8.28. The summed E-state index contributed by atoms with van der Waals surface area (Å²) in [6.45, 7) is 5.53. The number of epoxide rings is 1. The minimum Gasteiger partial charge on any atom is -0.433 e. The molecule has 4 rings (SSSR count). The van der Waals surface area contributed by atoms with E-state index in [1.807, 2.05) is 0 Å². The maximum Gasteiger partial charge on any atom is 0.320 e. The molecule has 1 aliphatic heterocycles. The largest absolute Gasteiger partial charge is 0.433 e. The fourth-order valence-corrected chi connectivity index (χ4v) is 8.74. The van der Waals surface area contributed by atoms with Gasteiger partial charge in [0.25, 0.3) is 20.0 Å². The Morgan fingerprint density at radius 3 is 1.90 bits per heavy atom. The van der Waals surface area contributed by atoms with Crippen LogP contribution in [0.1, 0.15) is 32.3 Å². The van der Waals surface area contributed by atoms with Crippen LogP contribution in [-0.2, 0) is 45.6 Å². The van der Waals surface area contributed by atoms with Gasteiger partial charge in [-0.3, -0.25) is 4.79 Å². The van der Waals surface area contributed by atoms with Crippen molar-refractivity contribution in [3.8, 4) is 5.75 Å².